The third-order valence-electron chi connectivity index (χ3n) is 8.57. The van der Waals surface area contributed by atoms with Gasteiger partial charge in [0.25, 0.3) is 5.91 Å². The Balaban J connectivity index is 1.37. The number of carbonyl (C=O) groups excluding carboxylic acids is 2. The predicted molar refractivity (Wildman–Crippen MR) is 155 cm³/mol. The van der Waals surface area contributed by atoms with E-state index in [9.17, 15) is 19.1 Å². The van der Waals surface area contributed by atoms with E-state index in [1.807, 2.05) is 10.9 Å². The fourth-order valence-corrected chi connectivity index (χ4v) is 5.39. The number of rotatable bonds is 10. The number of hydrogen-bond acceptors (Lipinski definition) is 6. The zero-order valence-electron chi connectivity index (χ0n) is 24.2. The van der Waals surface area contributed by atoms with Gasteiger partial charge in [0, 0.05) is 28.3 Å². The number of carbonyl (C=O) groups is 2. The molecule has 2 aromatic carbocycles. The highest BCUT2D eigenvalue weighted by molar-refractivity contribution is 6.00. The standard InChI is InChI=1S/C32H33F2N5O4/c1-31(2,30(35)41)23-14-25(37-28(26(23)34)17-4-8-21(33)9-5-17)32(42,20-6-7-20)16-36-29(40)18-12-19-15-39(22-10-11-22)38-27(19)24(13-18)43-3/h4-5,8-9,12-15,20,22,42H,6-7,10-11,16H2,1-3H3,(H2,35,41)(H,36,40)/t32-/m1/s1. The van der Waals surface area contributed by atoms with Crippen molar-refractivity contribution in [2.75, 3.05) is 13.7 Å². The van der Waals surface area contributed by atoms with Crippen LogP contribution in [-0.4, -0.2) is 45.3 Å². The minimum absolute atomic E-state index is 0.0578. The number of primary amides is 1. The number of methoxy groups -OCH3 is 1. The van der Waals surface area contributed by atoms with Crippen LogP contribution in [0.2, 0.25) is 0 Å². The number of nitrogens with zero attached hydrogens (tertiary/aromatic N) is 3. The number of ether oxygens (including phenoxy) is 1. The number of halogens is 2. The SMILES string of the molecule is COc1cc(C(=O)NC[C@](O)(c2cc(C(C)(C)C(N)=O)c(F)c(-c3ccc(F)cc3)n2)C2CC2)cc2cn(C3CC3)nc12. The molecule has 2 aromatic heterocycles. The summed E-state index contributed by atoms with van der Waals surface area (Å²) in [5.41, 5.74) is 3.62. The summed E-state index contributed by atoms with van der Waals surface area (Å²) in [7, 11) is 1.52. The Bertz CT molecular complexity index is 1740. The molecule has 0 spiro atoms. The molecule has 11 heteroatoms. The van der Waals surface area contributed by atoms with Crippen molar-refractivity contribution in [3.63, 3.8) is 0 Å². The third-order valence-corrected chi connectivity index (χ3v) is 8.57. The van der Waals surface area contributed by atoms with Gasteiger partial charge in [0.05, 0.1) is 30.8 Å². The number of nitrogens with two attached hydrogens (primary N) is 1. The van der Waals surface area contributed by atoms with Crippen LogP contribution < -0.4 is 15.8 Å². The molecule has 0 radical (unpaired) electrons. The van der Waals surface area contributed by atoms with Gasteiger partial charge >= 0.3 is 0 Å². The van der Waals surface area contributed by atoms with Crippen molar-refractivity contribution in [1.29, 1.82) is 0 Å². The van der Waals surface area contributed by atoms with Gasteiger partial charge in [-0.05, 0) is 87.9 Å². The molecule has 43 heavy (non-hydrogen) atoms. The number of hydrogen-bond donors (Lipinski definition) is 3. The minimum atomic E-state index is -1.69. The summed E-state index contributed by atoms with van der Waals surface area (Å²) < 4.78 is 37.1. The number of amides is 2. The van der Waals surface area contributed by atoms with E-state index in [2.05, 4.69) is 15.4 Å². The Kier molecular flexibility index (Phi) is 6.95. The summed E-state index contributed by atoms with van der Waals surface area (Å²) in [5.74, 6) is -2.34. The fraction of sp³-hybridized carbons (Fsp3) is 0.375. The van der Waals surface area contributed by atoms with E-state index in [0.29, 0.717) is 35.7 Å². The van der Waals surface area contributed by atoms with Crippen LogP contribution in [-0.2, 0) is 15.8 Å². The molecule has 4 aromatic rings. The fourth-order valence-electron chi connectivity index (χ4n) is 5.39. The van der Waals surface area contributed by atoms with Crippen molar-refractivity contribution in [3.8, 4) is 17.0 Å². The van der Waals surface area contributed by atoms with Gasteiger partial charge < -0.3 is 20.9 Å². The Morgan fingerprint density at radius 2 is 1.81 bits per heavy atom. The lowest BCUT2D eigenvalue weighted by molar-refractivity contribution is -0.122. The van der Waals surface area contributed by atoms with E-state index in [1.165, 1.54) is 51.3 Å². The van der Waals surface area contributed by atoms with Gasteiger partial charge in [-0.1, -0.05) is 0 Å². The van der Waals surface area contributed by atoms with Gasteiger partial charge in [-0.15, -0.1) is 0 Å². The molecule has 224 valence electrons. The highest BCUT2D eigenvalue weighted by atomic mass is 19.1. The summed E-state index contributed by atoms with van der Waals surface area (Å²) in [5, 5.41) is 20.3. The lowest BCUT2D eigenvalue weighted by Crippen LogP contribution is -2.44. The first-order valence-electron chi connectivity index (χ1n) is 14.3. The molecule has 4 N–H and O–H groups in total. The summed E-state index contributed by atoms with van der Waals surface area (Å²) in [4.78, 5) is 30.3. The summed E-state index contributed by atoms with van der Waals surface area (Å²) >= 11 is 0. The van der Waals surface area contributed by atoms with Gasteiger partial charge in [-0.2, -0.15) is 5.10 Å². The van der Waals surface area contributed by atoms with Crippen molar-refractivity contribution < 1.29 is 28.2 Å². The normalized spacial score (nSPS) is 16.6. The maximum absolute atomic E-state index is 16.0. The second-order valence-corrected chi connectivity index (χ2v) is 12.1. The first-order valence-corrected chi connectivity index (χ1v) is 14.3. The molecular weight excluding hydrogens is 556 g/mol. The monoisotopic (exact) mass is 589 g/mol. The summed E-state index contributed by atoms with van der Waals surface area (Å²) in [6, 6.07) is 10.1. The second-order valence-electron chi connectivity index (χ2n) is 12.1. The maximum atomic E-state index is 16.0. The van der Waals surface area contributed by atoms with E-state index < -0.39 is 34.5 Å². The molecular formula is C32H33F2N5O4. The van der Waals surface area contributed by atoms with Crippen LogP contribution in [0.4, 0.5) is 8.78 Å². The molecule has 2 saturated carbocycles. The van der Waals surface area contributed by atoms with Crippen LogP contribution in [0.3, 0.4) is 0 Å². The van der Waals surface area contributed by atoms with Crippen LogP contribution in [0, 0.1) is 17.6 Å². The molecule has 6 rings (SSSR count). The van der Waals surface area contributed by atoms with E-state index in [4.69, 9.17) is 10.5 Å². The lowest BCUT2D eigenvalue weighted by atomic mass is 9.80. The molecule has 0 aliphatic heterocycles. The molecule has 1 atom stereocenters. The highest BCUT2D eigenvalue weighted by Crippen LogP contribution is 2.46. The van der Waals surface area contributed by atoms with Crippen molar-refractivity contribution in [3.05, 3.63) is 77.1 Å². The Labute approximate surface area is 247 Å². The molecule has 0 unspecified atom stereocenters. The minimum Gasteiger partial charge on any atom is -0.494 e. The molecule has 2 aliphatic rings. The van der Waals surface area contributed by atoms with Gasteiger partial charge in [-0.25, -0.2) is 13.8 Å². The van der Waals surface area contributed by atoms with Crippen LogP contribution in [0.25, 0.3) is 22.2 Å². The number of benzene rings is 2. The molecule has 2 heterocycles. The van der Waals surface area contributed by atoms with Crippen molar-refractivity contribution in [2.45, 2.75) is 56.6 Å². The van der Waals surface area contributed by atoms with Crippen molar-refractivity contribution in [2.24, 2.45) is 11.7 Å². The van der Waals surface area contributed by atoms with E-state index in [-0.39, 0.29) is 35.0 Å². The molecule has 9 nitrogen and oxygen atoms in total. The smallest absolute Gasteiger partial charge is 0.251 e. The number of fused-ring (bicyclic) bond motifs is 1. The maximum Gasteiger partial charge on any atom is 0.251 e. The van der Waals surface area contributed by atoms with Crippen molar-refractivity contribution >= 4 is 22.7 Å². The number of pyridine rings is 1. The van der Waals surface area contributed by atoms with Crippen LogP contribution in [0.1, 0.15) is 67.2 Å². The van der Waals surface area contributed by atoms with E-state index in [1.54, 1.807) is 12.1 Å². The van der Waals surface area contributed by atoms with Gasteiger partial charge in [0.1, 0.15) is 28.4 Å². The lowest BCUT2D eigenvalue weighted by Gasteiger charge is -2.31. The van der Waals surface area contributed by atoms with Crippen molar-refractivity contribution in [1.82, 2.24) is 20.1 Å². The molecule has 2 fully saturated rings. The Hall–Kier alpha value is -4.38. The van der Waals surface area contributed by atoms with E-state index >= 15 is 4.39 Å². The topological polar surface area (TPSA) is 132 Å². The number of aromatic nitrogens is 3. The van der Waals surface area contributed by atoms with E-state index in [0.717, 1.165) is 18.2 Å². The third kappa shape index (κ3) is 5.22. The zero-order valence-corrected chi connectivity index (χ0v) is 24.2. The van der Waals surface area contributed by atoms with Gasteiger partial charge in [0.2, 0.25) is 5.91 Å². The summed E-state index contributed by atoms with van der Waals surface area (Å²) in [6.45, 7) is 2.74. The highest BCUT2D eigenvalue weighted by Gasteiger charge is 2.48. The summed E-state index contributed by atoms with van der Waals surface area (Å²) in [6.07, 6.45) is 5.33. The second kappa shape index (κ2) is 10.4. The first-order chi connectivity index (χ1) is 20.4. The van der Waals surface area contributed by atoms with Crippen LogP contribution in [0.5, 0.6) is 5.75 Å². The molecule has 0 bridgehead atoms. The van der Waals surface area contributed by atoms with Gasteiger partial charge in [0.15, 0.2) is 5.82 Å². The van der Waals surface area contributed by atoms with Gasteiger partial charge in [-0.3, -0.25) is 14.3 Å². The van der Waals surface area contributed by atoms with Crippen LogP contribution in [0.15, 0.2) is 48.7 Å². The zero-order chi connectivity index (χ0) is 30.7. The largest absolute Gasteiger partial charge is 0.494 e. The average molecular weight is 590 g/mol. The average Bonchev–Trinajstić information content (AvgIpc) is 3.92. The number of aliphatic hydroxyl groups is 1. The predicted octanol–water partition coefficient (Wildman–Crippen LogP) is 4.51. The first kappa shape index (κ1) is 28.7. The number of nitrogens with one attached hydrogen (secondary N) is 1. The molecule has 2 aliphatic carbocycles. The Morgan fingerprint density at radius 1 is 1.12 bits per heavy atom. The molecule has 0 saturated heterocycles. The quantitative estimate of drug-likeness (QED) is 0.249. The Morgan fingerprint density at radius 3 is 2.42 bits per heavy atom. The molecule has 2 amide bonds. The van der Waals surface area contributed by atoms with Crippen LogP contribution >= 0.6 is 0 Å².